The highest BCUT2D eigenvalue weighted by Crippen LogP contribution is 2.50. The number of carbonyl (C=O) groups is 2. The molecule has 0 aromatic carbocycles. The van der Waals surface area contributed by atoms with Crippen LogP contribution >= 0.6 is 0 Å². The van der Waals surface area contributed by atoms with Crippen LogP contribution < -0.4 is 0 Å². The number of Topliss-reactive ketones (excluding diaryl/α,β-unsaturated/α-hetero) is 1. The van der Waals surface area contributed by atoms with Gasteiger partial charge < -0.3 is 4.74 Å². The molecule has 13 heavy (non-hydrogen) atoms. The number of methoxy groups -OCH3 is 1. The summed E-state index contributed by atoms with van der Waals surface area (Å²) in [4.78, 5) is 21.5. The van der Waals surface area contributed by atoms with E-state index < -0.39 is 30.0 Å². The molecule has 1 rings (SSSR count). The van der Waals surface area contributed by atoms with Gasteiger partial charge in [0.1, 0.15) is 12.2 Å². The smallest absolute Gasteiger partial charge is 0.313 e. The Labute approximate surface area is 74.1 Å². The SMILES string of the molecule is COC(=O)CC(=O)CC1CC1(F)F. The summed E-state index contributed by atoms with van der Waals surface area (Å²) in [5.41, 5.74) is 0. The molecule has 1 aliphatic rings. The van der Waals surface area contributed by atoms with Crippen LogP contribution in [0.25, 0.3) is 0 Å². The summed E-state index contributed by atoms with van der Waals surface area (Å²) in [5.74, 6) is -4.70. The molecule has 0 N–H and O–H groups in total. The lowest BCUT2D eigenvalue weighted by Gasteiger charge is -1.98. The van der Waals surface area contributed by atoms with Gasteiger partial charge in [-0.15, -0.1) is 0 Å². The van der Waals surface area contributed by atoms with Crippen molar-refractivity contribution in [2.24, 2.45) is 5.92 Å². The van der Waals surface area contributed by atoms with Gasteiger partial charge in [0.2, 0.25) is 0 Å². The summed E-state index contributed by atoms with van der Waals surface area (Å²) < 4.78 is 28.8. The summed E-state index contributed by atoms with van der Waals surface area (Å²) in [6.45, 7) is 0. The van der Waals surface area contributed by atoms with Crippen LogP contribution in [-0.4, -0.2) is 24.8 Å². The van der Waals surface area contributed by atoms with Crippen molar-refractivity contribution in [2.45, 2.75) is 25.2 Å². The van der Waals surface area contributed by atoms with Crippen LogP contribution in [0, 0.1) is 5.92 Å². The third-order valence-electron chi connectivity index (χ3n) is 2.00. The molecule has 0 amide bonds. The van der Waals surface area contributed by atoms with Crippen molar-refractivity contribution in [1.82, 2.24) is 0 Å². The lowest BCUT2D eigenvalue weighted by molar-refractivity contribution is -0.143. The van der Waals surface area contributed by atoms with Crippen LogP contribution in [0.2, 0.25) is 0 Å². The Morgan fingerprint density at radius 3 is 2.46 bits per heavy atom. The molecule has 0 heterocycles. The van der Waals surface area contributed by atoms with Gasteiger partial charge in [-0.2, -0.15) is 0 Å². The quantitative estimate of drug-likeness (QED) is 0.496. The first-order valence-electron chi connectivity index (χ1n) is 3.92. The summed E-state index contributed by atoms with van der Waals surface area (Å²) in [6.07, 6.45) is -0.856. The van der Waals surface area contributed by atoms with E-state index in [1.54, 1.807) is 0 Å². The number of ketones is 1. The van der Waals surface area contributed by atoms with Gasteiger partial charge in [-0.3, -0.25) is 9.59 Å². The highest BCUT2D eigenvalue weighted by molar-refractivity contribution is 5.95. The summed E-state index contributed by atoms with van der Waals surface area (Å²) in [6, 6.07) is 0. The maximum absolute atomic E-state index is 12.3. The third kappa shape index (κ3) is 2.75. The molecule has 74 valence electrons. The van der Waals surface area contributed by atoms with Crippen molar-refractivity contribution >= 4 is 11.8 Å². The first-order chi connectivity index (χ1) is 5.95. The largest absolute Gasteiger partial charge is 0.469 e. The van der Waals surface area contributed by atoms with Gasteiger partial charge in [0, 0.05) is 18.8 Å². The molecule has 0 spiro atoms. The molecule has 1 unspecified atom stereocenters. The zero-order chi connectivity index (χ0) is 10.1. The van der Waals surface area contributed by atoms with Gasteiger partial charge in [-0.1, -0.05) is 0 Å². The fraction of sp³-hybridized carbons (Fsp3) is 0.750. The monoisotopic (exact) mass is 192 g/mol. The zero-order valence-electron chi connectivity index (χ0n) is 7.18. The van der Waals surface area contributed by atoms with Gasteiger partial charge in [0.05, 0.1) is 7.11 Å². The molecule has 0 aliphatic heterocycles. The van der Waals surface area contributed by atoms with Crippen LogP contribution in [0.1, 0.15) is 19.3 Å². The molecular weight excluding hydrogens is 182 g/mol. The third-order valence-corrected chi connectivity index (χ3v) is 2.00. The normalized spacial score (nSPS) is 23.8. The van der Waals surface area contributed by atoms with E-state index in [1.165, 1.54) is 0 Å². The minimum Gasteiger partial charge on any atom is -0.469 e. The number of halogens is 2. The van der Waals surface area contributed by atoms with E-state index in [1.807, 2.05) is 0 Å². The first kappa shape index (κ1) is 10.1. The Kier molecular flexibility index (Phi) is 2.63. The summed E-state index contributed by atoms with van der Waals surface area (Å²) >= 11 is 0. The molecule has 0 saturated heterocycles. The molecule has 1 fully saturated rings. The number of ether oxygens (including phenoxy) is 1. The van der Waals surface area contributed by atoms with Gasteiger partial charge in [-0.25, -0.2) is 8.78 Å². The Balaban J connectivity index is 2.24. The van der Waals surface area contributed by atoms with Crippen molar-refractivity contribution in [3.63, 3.8) is 0 Å². The van der Waals surface area contributed by atoms with Crippen LogP contribution in [-0.2, 0) is 14.3 Å². The average molecular weight is 192 g/mol. The summed E-state index contributed by atoms with van der Waals surface area (Å²) in [5, 5.41) is 0. The lowest BCUT2D eigenvalue weighted by Crippen LogP contribution is -2.11. The maximum Gasteiger partial charge on any atom is 0.313 e. The molecule has 1 aliphatic carbocycles. The molecule has 1 saturated carbocycles. The Morgan fingerprint density at radius 2 is 2.08 bits per heavy atom. The standard InChI is InChI=1S/C8H10F2O3/c1-13-7(12)3-6(11)2-5-4-8(5,9)10/h5H,2-4H2,1H3. The number of rotatable bonds is 4. The average Bonchev–Trinajstić information content (AvgIpc) is 2.58. The van der Waals surface area contributed by atoms with Crippen molar-refractivity contribution in [3.8, 4) is 0 Å². The van der Waals surface area contributed by atoms with E-state index in [4.69, 9.17) is 0 Å². The number of hydrogen-bond acceptors (Lipinski definition) is 3. The van der Waals surface area contributed by atoms with E-state index in [0.29, 0.717) is 0 Å². The Morgan fingerprint density at radius 1 is 1.54 bits per heavy atom. The highest BCUT2D eigenvalue weighted by Gasteiger charge is 2.57. The number of esters is 1. The molecule has 0 aromatic heterocycles. The van der Waals surface area contributed by atoms with Crippen LogP contribution in [0.5, 0.6) is 0 Å². The van der Waals surface area contributed by atoms with Crippen LogP contribution in [0.3, 0.4) is 0 Å². The van der Waals surface area contributed by atoms with Gasteiger partial charge >= 0.3 is 5.97 Å². The molecule has 0 aromatic rings. The first-order valence-corrected chi connectivity index (χ1v) is 3.92. The van der Waals surface area contributed by atoms with E-state index in [9.17, 15) is 18.4 Å². The fourth-order valence-electron chi connectivity index (χ4n) is 1.07. The second-order valence-electron chi connectivity index (χ2n) is 3.16. The van der Waals surface area contributed by atoms with Gasteiger partial charge in [0.25, 0.3) is 5.92 Å². The van der Waals surface area contributed by atoms with E-state index >= 15 is 0 Å². The topological polar surface area (TPSA) is 43.4 Å². The van der Waals surface area contributed by atoms with Gasteiger partial charge in [-0.05, 0) is 0 Å². The molecule has 0 bridgehead atoms. The maximum atomic E-state index is 12.3. The number of hydrogen-bond donors (Lipinski definition) is 0. The van der Waals surface area contributed by atoms with Crippen molar-refractivity contribution in [1.29, 1.82) is 0 Å². The van der Waals surface area contributed by atoms with E-state index in [2.05, 4.69) is 4.74 Å². The molecular formula is C8H10F2O3. The fourth-order valence-corrected chi connectivity index (χ4v) is 1.07. The minimum absolute atomic E-state index is 0.220. The number of alkyl halides is 2. The molecule has 5 heteroatoms. The summed E-state index contributed by atoms with van der Waals surface area (Å²) in [7, 11) is 1.15. The van der Waals surface area contributed by atoms with Crippen LogP contribution in [0.15, 0.2) is 0 Å². The second-order valence-corrected chi connectivity index (χ2v) is 3.16. The minimum atomic E-state index is -2.69. The van der Waals surface area contributed by atoms with Gasteiger partial charge in [0.15, 0.2) is 0 Å². The lowest BCUT2D eigenvalue weighted by atomic mass is 10.1. The highest BCUT2D eigenvalue weighted by atomic mass is 19.3. The van der Waals surface area contributed by atoms with Crippen LogP contribution in [0.4, 0.5) is 8.78 Å². The molecule has 3 nitrogen and oxygen atoms in total. The second kappa shape index (κ2) is 3.40. The predicted molar refractivity (Wildman–Crippen MR) is 39.3 cm³/mol. The van der Waals surface area contributed by atoms with E-state index in [0.717, 1.165) is 7.11 Å². The Bertz CT molecular complexity index is 238. The Hall–Kier alpha value is -1.00. The number of carbonyl (C=O) groups excluding carboxylic acids is 2. The van der Waals surface area contributed by atoms with Crippen molar-refractivity contribution < 1.29 is 23.1 Å². The van der Waals surface area contributed by atoms with Crippen molar-refractivity contribution in [3.05, 3.63) is 0 Å². The van der Waals surface area contributed by atoms with Crippen molar-refractivity contribution in [2.75, 3.05) is 7.11 Å². The molecule has 1 atom stereocenters. The van der Waals surface area contributed by atoms with E-state index in [-0.39, 0.29) is 12.8 Å². The molecule has 0 radical (unpaired) electrons. The zero-order valence-corrected chi connectivity index (χ0v) is 7.18. The predicted octanol–water partition coefficient (Wildman–Crippen LogP) is 1.16.